The quantitative estimate of drug-likeness (QED) is 0.215. The Balaban J connectivity index is 1.88. The zero-order valence-corrected chi connectivity index (χ0v) is 24.3. The molecule has 1 aromatic carbocycles. The number of halogens is 1. The highest BCUT2D eigenvalue weighted by molar-refractivity contribution is 6.30. The number of nitrogens with zero attached hydrogens (tertiary/aromatic N) is 1. The van der Waals surface area contributed by atoms with Gasteiger partial charge in [-0.05, 0) is 43.4 Å². The molecule has 1 aromatic rings. The number of alkyl carbamates (subject to hydrolysis) is 1. The van der Waals surface area contributed by atoms with Crippen LogP contribution in [0.5, 0.6) is 0 Å². The van der Waals surface area contributed by atoms with Crippen LogP contribution in [0.2, 0.25) is 5.02 Å². The van der Waals surface area contributed by atoms with Gasteiger partial charge in [-0.25, -0.2) is 9.59 Å². The van der Waals surface area contributed by atoms with Gasteiger partial charge >= 0.3 is 12.1 Å². The maximum Gasteiger partial charge on any atom is 0.408 e. The van der Waals surface area contributed by atoms with E-state index in [1.807, 2.05) is 6.92 Å². The Bertz CT molecular complexity index is 959. The van der Waals surface area contributed by atoms with E-state index in [9.17, 15) is 24.3 Å². The van der Waals surface area contributed by atoms with E-state index >= 15 is 0 Å². The van der Waals surface area contributed by atoms with Gasteiger partial charge in [-0.3, -0.25) is 9.59 Å². The SMILES string of the molecule is CCNC(=O)NCCN(C)C(=O)CC[C@@H](CO)NC(=O)[C@H](CC1CCCCC1)NC(=O)OCc1cccc(Cl)c1. The normalized spacial score (nSPS) is 14.9. The summed E-state index contributed by atoms with van der Waals surface area (Å²) >= 11 is 5.99. The van der Waals surface area contributed by atoms with Crippen molar-refractivity contribution in [2.24, 2.45) is 5.92 Å². The second kappa shape index (κ2) is 18.3. The molecule has 0 radical (unpaired) electrons. The highest BCUT2D eigenvalue weighted by Gasteiger charge is 2.28. The van der Waals surface area contributed by atoms with Crippen molar-refractivity contribution >= 4 is 35.5 Å². The van der Waals surface area contributed by atoms with E-state index in [1.54, 1.807) is 31.3 Å². The predicted octanol–water partition coefficient (Wildman–Crippen LogP) is 2.94. The van der Waals surface area contributed by atoms with Crippen molar-refractivity contribution in [3.05, 3.63) is 34.9 Å². The molecule has 0 aliphatic heterocycles. The number of hydrogen-bond donors (Lipinski definition) is 5. The van der Waals surface area contributed by atoms with Crippen LogP contribution >= 0.6 is 11.6 Å². The summed E-state index contributed by atoms with van der Waals surface area (Å²) in [7, 11) is 1.63. The number of benzene rings is 1. The van der Waals surface area contributed by atoms with Crippen LogP contribution < -0.4 is 21.3 Å². The minimum Gasteiger partial charge on any atom is -0.445 e. The summed E-state index contributed by atoms with van der Waals surface area (Å²) in [6.45, 7) is 2.62. The van der Waals surface area contributed by atoms with Gasteiger partial charge in [-0.15, -0.1) is 0 Å². The molecule has 1 aliphatic rings. The average molecular weight is 582 g/mol. The van der Waals surface area contributed by atoms with Crippen molar-refractivity contribution in [3.63, 3.8) is 0 Å². The third-order valence-electron chi connectivity index (χ3n) is 6.93. The Morgan fingerprint density at radius 1 is 1.12 bits per heavy atom. The van der Waals surface area contributed by atoms with Gasteiger partial charge in [-0.2, -0.15) is 0 Å². The van der Waals surface area contributed by atoms with Gasteiger partial charge in [0.25, 0.3) is 0 Å². The summed E-state index contributed by atoms with van der Waals surface area (Å²) in [6.07, 6.45) is 5.41. The molecule has 1 saturated carbocycles. The van der Waals surface area contributed by atoms with Crippen molar-refractivity contribution in [3.8, 4) is 0 Å². The summed E-state index contributed by atoms with van der Waals surface area (Å²) in [5.41, 5.74) is 0.728. The molecule has 0 aromatic heterocycles. The van der Waals surface area contributed by atoms with Crippen molar-refractivity contribution in [1.29, 1.82) is 0 Å². The molecule has 0 heterocycles. The lowest BCUT2D eigenvalue weighted by atomic mass is 9.84. The number of amides is 5. The van der Waals surface area contributed by atoms with Crippen molar-refractivity contribution in [2.75, 3.05) is 33.3 Å². The monoisotopic (exact) mass is 581 g/mol. The van der Waals surface area contributed by atoms with E-state index in [2.05, 4.69) is 21.3 Å². The number of aliphatic hydroxyl groups is 1. The molecule has 11 nitrogen and oxygen atoms in total. The molecule has 40 heavy (non-hydrogen) atoms. The van der Waals surface area contributed by atoms with Gasteiger partial charge in [0.15, 0.2) is 0 Å². The first kappa shape index (κ1) is 33.2. The fourth-order valence-corrected chi connectivity index (χ4v) is 4.84. The zero-order chi connectivity index (χ0) is 29.3. The molecule has 0 unspecified atom stereocenters. The predicted molar refractivity (Wildman–Crippen MR) is 153 cm³/mol. The molecule has 2 atom stereocenters. The number of urea groups is 1. The lowest BCUT2D eigenvalue weighted by molar-refractivity contribution is -0.130. The molecular weight excluding hydrogens is 538 g/mol. The molecule has 224 valence electrons. The molecule has 0 spiro atoms. The maximum atomic E-state index is 13.2. The highest BCUT2D eigenvalue weighted by Crippen LogP contribution is 2.27. The highest BCUT2D eigenvalue weighted by atomic mass is 35.5. The number of rotatable bonds is 15. The van der Waals surface area contributed by atoms with Crippen LogP contribution in [0.15, 0.2) is 24.3 Å². The van der Waals surface area contributed by atoms with E-state index in [0.29, 0.717) is 37.0 Å². The number of hydrogen-bond acceptors (Lipinski definition) is 6. The van der Waals surface area contributed by atoms with Crippen molar-refractivity contribution in [1.82, 2.24) is 26.2 Å². The molecule has 0 bridgehead atoms. The first-order valence-electron chi connectivity index (χ1n) is 14.1. The van der Waals surface area contributed by atoms with Crippen LogP contribution in [0.1, 0.15) is 63.9 Å². The summed E-state index contributed by atoms with van der Waals surface area (Å²) in [5.74, 6) is -0.295. The number of carbonyl (C=O) groups is 4. The molecule has 2 rings (SSSR count). The van der Waals surface area contributed by atoms with Crippen LogP contribution in [0.3, 0.4) is 0 Å². The number of likely N-dealkylation sites (N-methyl/N-ethyl adjacent to an activating group) is 1. The molecule has 5 N–H and O–H groups in total. The topological polar surface area (TPSA) is 149 Å². The number of aliphatic hydroxyl groups excluding tert-OH is 1. The Hall–Kier alpha value is -3.05. The van der Waals surface area contributed by atoms with Gasteiger partial charge in [0.2, 0.25) is 11.8 Å². The largest absolute Gasteiger partial charge is 0.445 e. The van der Waals surface area contributed by atoms with Crippen LogP contribution in [0, 0.1) is 5.92 Å². The van der Waals surface area contributed by atoms with E-state index in [0.717, 1.165) is 31.2 Å². The van der Waals surface area contributed by atoms with E-state index in [1.165, 1.54) is 11.3 Å². The Labute approximate surface area is 241 Å². The van der Waals surface area contributed by atoms with Gasteiger partial charge < -0.3 is 36.0 Å². The third kappa shape index (κ3) is 12.9. The van der Waals surface area contributed by atoms with Gasteiger partial charge in [-0.1, -0.05) is 55.8 Å². The first-order valence-corrected chi connectivity index (χ1v) is 14.4. The lowest BCUT2D eigenvalue weighted by Crippen LogP contribution is -2.51. The Morgan fingerprint density at radius 3 is 2.55 bits per heavy atom. The van der Waals surface area contributed by atoms with Gasteiger partial charge in [0.05, 0.1) is 12.6 Å². The summed E-state index contributed by atoms with van der Waals surface area (Å²) < 4.78 is 5.33. The number of carbonyl (C=O) groups excluding carboxylic acids is 4. The minimum absolute atomic E-state index is 0.0118. The summed E-state index contributed by atoms with van der Waals surface area (Å²) in [6, 6.07) is 5.19. The molecular formula is C28H44ClN5O6. The third-order valence-corrected chi connectivity index (χ3v) is 7.17. The van der Waals surface area contributed by atoms with Crippen LogP contribution in [0.25, 0.3) is 0 Å². The molecule has 1 fully saturated rings. The minimum atomic E-state index is -0.831. The smallest absolute Gasteiger partial charge is 0.408 e. The number of nitrogens with one attached hydrogen (secondary N) is 4. The molecule has 0 saturated heterocycles. The van der Waals surface area contributed by atoms with Gasteiger partial charge in [0, 0.05) is 38.1 Å². The van der Waals surface area contributed by atoms with E-state index < -0.39 is 24.1 Å². The zero-order valence-electron chi connectivity index (χ0n) is 23.5. The molecule has 1 aliphatic carbocycles. The Kier molecular flexibility index (Phi) is 15.2. The summed E-state index contributed by atoms with van der Waals surface area (Å²) in [5, 5.41) is 21.2. The Morgan fingerprint density at radius 2 is 1.88 bits per heavy atom. The maximum absolute atomic E-state index is 13.2. The average Bonchev–Trinajstić information content (AvgIpc) is 2.94. The second-order valence-electron chi connectivity index (χ2n) is 10.2. The van der Waals surface area contributed by atoms with E-state index in [4.69, 9.17) is 16.3 Å². The molecule has 5 amide bonds. The fraction of sp³-hybridized carbons (Fsp3) is 0.643. The second-order valence-corrected chi connectivity index (χ2v) is 10.6. The first-order chi connectivity index (χ1) is 19.2. The van der Waals surface area contributed by atoms with Crippen LogP contribution in [0.4, 0.5) is 9.59 Å². The van der Waals surface area contributed by atoms with Crippen molar-refractivity contribution < 1.29 is 29.0 Å². The standard InChI is InChI=1S/C28H44ClN5O6/c1-3-30-27(38)31-14-15-34(2)25(36)13-12-23(18-35)32-26(37)24(17-20-8-5-4-6-9-20)33-28(39)40-19-21-10-7-11-22(29)16-21/h7,10-11,16,20,23-24,35H,3-6,8-9,12-15,17-19H2,1-2H3,(H,32,37)(H,33,39)(H2,30,31,38)/t23-,24-/m0/s1. The van der Waals surface area contributed by atoms with Crippen molar-refractivity contribution in [2.45, 2.75) is 77.0 Å². The molecule has 12 heteroatoms. The van der Waals surface area contributed by atoms with Crippen LogP contribution in [-0.2, 0) is 20.9 Å². The van der Waals surface area contributed by atoms with Crippen LogP contribution in [-0.4, -0.2) is 79.3 Å². The number of ether oxygens (including phenoxy) is 1. The van der Waals surface area contributed by atoms with E-state index in [-0.39, 0.29) is 38.0 Å². The van der Waals surface area contributed by atoms with Gasteiger partial charge in [0.1, 0.15) is 12.6 Å². The summed E-state index contributed by atoms with van der Waals surface area (Å²) in [4.78, 5) is 51.3. The lowest BCUT2D eigenvalue weighted by Gasteiger charge is -2.28. The fourth-order valence-electron chi connectivity index (χ4n) is 4.63.